The van der Waals surface area contributed by atoms with Crippen molar-refractivity contribution in [3.05, 3.63) is 54.6 Å². The molecule has 1 aliphatic carbocycles. The molecule has 0 radical (unpaired) electrons. The molecule has 146 valence electrons. The van der Waals surface area contributed by atoms with Gasteiger partial charge in [0.2, 0.25) is 5.91 Å². The van der Waals surface area contributed by atoms with Crippen molar-refractivity contribution in [2.45, 2.75) is 51.2 Å². The third-order valence-electron chi connectivity index (χ3n) is 5.66. The van der Waals surface area contributed by atoms with Crippen molar-refractivity contribution >= 4 is 11.6 Å². The molecular formula is C22H27N5O. The Balaban J connectivity index is 1.37. The van der Waals surface area contributed by atoms with Gasteiger partial charge in [-0.25, -0.2) is 4.98 Å². The number of imidazole rings is 1. The average Bonchev–Trinajstić information content (AvgIpc) is 3.37. The highest BCUT2D eigenvalue weighted by atomic mass is 16.1. The summed E-state index contributed by atoms with van der Waals surface area (Å²) in [5.74, 6) is 0.155. The molecule has 4 rings (SSSR count). The number of pyridine rings is 2. The van der Waals surface area contributed by atoms with Gasteiger partial charge in [-0.2, -0.15) is 0 Å². The first kappa shape index (κ1) is 18.6. The summed E-state index contributed by atoms with van der Waals surface area (Å²) in [6.45, 7) is 2.77. The summed E-state index contributed by atoms with van der Waals surface area (Å²) in [6.07, 6.45) is 11.5. The minimum atomic E-state index is 0.155. The van der Waals surface area contributed by atoms with Gasteiger partial charge in [0.05, 0.1) is 5.69 Å². The van der Waals surface area contributed by atoms with Gasteiger partial charge in [-0.05, 0) is 50.1 Å². The number of carbonyl (C=O) groups is 1. The van der Waals surface area contributed by atoms with Crippen molar-refractivity contribution in [1.82, 2.24) is 24.6 Å². The molecule has 1 aliphatic rings. The number of nitrogens with zero attached hydrogens (tertiary/aromatic N) is 4. The largest absolute Gasteiger partial charge is 0.353 e. The zero-order valence-corrected chi connectivity index (χ0v) is 16.5. The van der Waals surface area contributed by atoms with Gasteiger partial charge in [0.1, 0.15) is 5.65 Å². The molecule has 0 spiro atoms. The molecule has 0 aromatic carbocycles. The quantitative estimate of drug-likeness (QED) is 0.716. The van der Waals surface area contributed by atoms with Crippen LogP contribution in [-0.2, 0) is 11.3 Å². The molecule has 1 saturated carbocycles. The Hall–Kier alpha value is -2.73. The van der Waals surface area contributed by atoms with Gasteiger partial charge in [0.25, 0.3) is 0 Å². The van der Waals surface area contributed by atoms with Gasteiger partial charge >= 0.3 is 0 Å². The summed E-state index contributed by atoms with van der Waals surface area (Å²) in [7, 11) is 2.16. The third-order valence-corrected chi connectivity index (χ3v) is 5.66. The molecule has 28 heavy (non-hydrogen) atoms. The lowest BCUT2D eigenvalue weighted by atomic mass is 10.1. The molecule has 1 fully saturated rings. The lowest BCUT2D eigenvalue weighted by Crippen LogP contribution is -2.35. The molecular weight excluding hydrogens is 350 g/mol. The van der Waals surface area contributed by atoms with Gasteiger partial charge in [-0.3, -0.25) is 14.7 Å². The summed E-state index contributed by atoms with van der Waals surface area (Å²) < 4.78 is 2.01. The van der Waals surface area contributed by atoms with Crippen molar-refractivity contribution in [1.29, 1.82) is 0 Å². The zero-order chi connectivity index (χ0) is 19.5. The number of hydrogen-bond acceptors (Lipinski definition) is 4. The van der Waals surface area contributed by atoms with E-state index in [2.05, 4.69) is 51.6 Å². The van der Waals surface area contributed by atoms with E-state index in [1.165, 1.54) is 5.56 Å². The second-order valence-electron chi connectivity index (χ2n) is 7.66. The van der Waals surface area contributed by atoms with Gasteiger partial charge in [0, 0.05) is 55.4 Å². The van der Waals surface area contributed by atoms with Gasteiger partial charge in [0.15, 0.2) is 0 Å². The molecule has 6 nitrogen and oxygen atoms in total. The normalized spacial score (nSPS) is 19.4. The maximum atomic E-state index is 11.6. The molecule has 3 aromatic heterocycles. The van der Waals surface area contributed by atoms with Crippen molar-refractivity contribution in [3.8, 4) is 11.3 Å². The number of fused-ring (bicyclic) bond motifs is 1. The minimum absolute atomic E-state index is 0.155. The third kappa shape index (κ3) is 4.07. The highest BCUT2D eigenvalue weighted by Crippen LogP contribution is 2.25. The first-order chi connectivity index (χ1) is 13.6. The molecule has 1 amide bonds. The topological polar surface area (TPSA) is 62.5 Å². The molecule has 0 bridgehead atoms. The van der Waals surface area contributed by atoms with Crippen LogP contribution < -0.4 is 5.32 Å². The van der Waals surface area contributed by atoms with Crippen molar-refractivity contribution in [3.63, 3.8) is 0 Å². The van der Waals surface area contributed by atoms with E-state index in [9.17, 15) is 4.79 Å². The molecule has 6 heteroatoms. The fourth-order valence-corrected chi connectivity index (χ4v) is 4.00. The van der Waals surface area contributed by atoms with Crippen LogP contribution in [0, 0.1) is 0 Å². The fraction of sp³-hybridized carbons (Fsp3) is 0.409. The minimum Gasteiger partial charge on any atom is -0.353 e. The summed E-state index contributed by atoms with van der Waals surface area (Å²) in [5.41, 5.74) is 4.18. The lowest BCUT2D eigenvalue weighted by Gasteiger charge is -2.24. The second kappa shape index (κ2) is 8.10. The lowest BCUT2D eigenvalue weighted by molar-refractivity contribution is -0.121. The van der Waals surface area contributed by atoms with E-state index < -0.39 is 0 Å². The molecule has 0 saturated heterocycles. The summed E-state index contributed by atoms with van der Waals surface area (Å²) in [5, 5.41) is 3.13. The number of rotatable bonds is 6. The number of nitrogens with one attached hydrogen (secondary N) is 1. The van der Waals surface area contributed by atoms with E-state index in [4.69, 9.17) is 0 Å². The molecule has 3 aromatic rings. The van der Waals surface area contributed by atoms with Crippen LogP contribution in [0.15, 0.2) is 49.1 Å². The van der Waals surface area contributed by atoms with E-state index in [1.54, 1.807) is 6.20 Å². The van der Waals surface area contributed by atoms with Crippen LogP contribution in [-0.4, -0.2) is 44.3 Å². The summed E-state index contributed by atoms with van der Waals surface area (Å²) in [6, 6.07) is 9.12. The standard InChI is InChI=1S/C22H27N5O/c1-3-22(28)25-18-6-7-19(12-18)26(2)14-16-4-8-20(24-13-16)17-5-9-21-23-10-11-27(21)15-17/h4-5,8-11,13,15,18-19H,3,6-7,12,14H2,1-2H3,(H,25,28)/t18-,19+/m0/s1. The SMILES string of the molecule is CCC(=O)N[C@H]1CC[C@@H](N(C)Cc2ccc(-c3ccc4nccn4c3)nc2)C1. The van der Waals surface area contributed by atoms with Crippen LogP contribution in [0.4, 0.5) is 0 Å². The Labute approximate surface area is 165 Å². The van der Waals surface area contributed by atoms with Crippen LogP contribution in [0.2, 0.25) is 0 Å². The average molecular weight is 377 g/mol. The van der Waals surface area contributed by atoms with E-state index in [-0.39, 0.29) is 5.91 Å². The summed E-state index contributed by atoms with van der Waals surface area (Å²) >= 11 is 0. The Morgan fingerprint density at radius 2 is 2.14 bits per heavy atom. The first-order valence-electron chi connectivity index (χ1n) is 10.00. The number of amides is 1. The Bertz CT molecular complexity index is 949. The second-order valence-corrected chi connectivity index (χ2v) is 7.66. The molecule has 0 unspecified atom stereocenters. The maximum absolute atomic E-state index is 11.6. The van der Waals surface area contributed by atoms with Crippen LogP contribution in [0.25, 0.3) is 16.9 Å². The highest BCUT2D eigenvalue weighted by Gasteiger charge is 2.28. The highest BCUT2D eigenvalue weighted by molar-refractivity contribution is 5.75. The monoisotopic (exact) mass is 377 g/mol. The van der Waals surface area contributed by atoms with Crippen LogP contribution in [0.3, 0.4) is 0 Å². The van der Waals surface area contributed by atoms with Crippen molar-refractivity contribution in [2.24, 2.45) is 0 Å². The van der Waals surface area contributed by atoms with E-state index in [0.717, 1.165) is 42.7 Å². The molecule has 3 heterocycles. The Morgan fingerprint density at radius 3 is 2.93 bits per heavy atom. The van der Waals surface area contributed by atoms with Crippen molar-refractivity contribution in [2.75, 3.05) is 7.05 Å². The van der Waals surface area contributed by atoms with Crippen molar-refractivity contribution < 1.29 is 4.79 Å². The van der Waals surface area contributed by atoms with Crippen LogP contribution in [0.1, 0.15) is 38.2 Å². The Kier molecular flexibility index (Phi) is 5.39. The first-order valence-corrected chi connectivity index (χ1v) is 10.00. The molecule has 2 atom stereocenters. The van der Waals surface area contributed by atoms with E-state index in [1.807, 2.05) is 29.8 Å². The van der Waals surface area contributed by atoms with Gasteiger partial charge in [-0.1, -0.05) is 13.0 Å². The Morgan fingerprint density at radius 1 is 1.25 bits per heavy atom. The van der Waals surface area contributed by atoms with Gasteiger partial charge < -0.3 is 9.72 Å². The van der Waals surface area contributed by atoms with E-state index >= 15 is 0 Å². The predicted octanol–water partition coefficient (Wildman–Crippen LogP) is 3.28. The number of hydrogen-bond donors (Lipinski definition) is 1. The van der Waals surface area contributed by atoms with E-state index in [0.29, 0.717) is 18.5 Å². The van der Waals surface area contributed by atoms with Gasteiger partial charge in [-0.15, -0.1) is 0 Å². The smallest absolute Gasteiger partial charge is 0.219 e. The fourth-order valence-electron chi connectivity index (χ4n) is 4.00. The maximum Gasteiger partial charge on any atom is 0.219 e. The molecule has 1 N–H and O–H groups in total. The zero-order valence-electron chi connectivity index (χ0n) is 16.5. The molecule has 0 aliphatic heterocycles. The number of aromatic nitrogens is 3. The summed E-state index contributed by atoms with van der Waals surface area (Å²) in [4.78, 5) is 22.9. The van der Waals surface area contributed by atoms with Crippen LogP contribution in [0.5, 0.6) is 0 Å². The van der Waals surface area contributed by atoms with Crippen LogP contribution >= 0.6 is 0 Å². The predicted molar refractivity (Wildman–Crippen MR) is 110 cm³/mol. The number of carbonyl (C=O) groups excluding carboxylic acids is 1.